The number of carbonyl (C=O) groups excluding carboxylic acids is 3. The molecular weight excluding hydrogens is 310 g/mol. The lowest BCUT2D eigenvalue weighted by atomic mass is 10.0. The second kappa shape index (κ2) is 8.52. The molecule has 132 valence electrons. The number of amides is 3. The first-order valence-corrected chi connectivity index (χ1v) is 8.39. The summed E-state index contributed by atoms with van der Waals surface area (Å²) in [7, 11) is 0. The van der Waals surface area contributed by atoms with E-state index in [1.165, 1.54) is 6.26 Å². The van der Waals surface area contributed by atoms with E-state index in [2.05, 4.69) is 10.6 Å². The number of nitrogens with zero attached hydrogens (tertiary/aromatic N) is 1. The van der Waals surface area contributed by atoms with Gasteiger partial charge in [-0.3, -0.25) is 14.4 Å². The van der Waals surface area contributed by atoms with Crippen molar-refractivity contribution in [1.82, 2.24) is 15.5 Å². The molecule has 0 radical (unpaired) electrons. The number of rotatable bonds is 8. The molecule has 1 unspecified atom stereocenters. The molecule has 2 rings (SSSR count). The number of nitrogens with one attached hydrogen (secondary N) is 2. The molecule has 2 heterocycles. The van der Waals surface area contributed by atoms with E-state index in [-0.39, 0.29) is 23.5 Å². The number of hydrogen-bond donors (Lipinski definition) is 2. The van der Waals surface area contributed by atoms with Crippen LogP contribution in [0, 0.1) is 5.92 Å². The van der Waals surface area contributed by atoms with Crippen LogP contribution in [0.15, 0.2) is 22.8 Å². The number of carbonyl (C=O) groups is 3. The van der Waals surface area contributed by atoms with Gasteiger partial charge in [-0.1, -0.05) is 13.8 Å². The van der Waals surface area contributed by atoms with Crippen LogP contribution in [0.3, 0.4) is 0 Å². The van der Waals surface area contributed by atoms with Crippen molar-refractivity contribution in [3.63, 3.8) is 0 Å². The minimum absolute atomic E-state index is 0.0518. The molecule has 1 atom stereocenters. The summed E-state index contributed by atoms with van der Waals surface area (Å²) in [4.78, 5) is 37.7. The Kier molecular flexibility index (Phi) is 6.40. The van der Waals surface area contributed by atoms with E-state index < -0.39 is 11.9 Å². The largest absolute Gasteiger partial charge is 0.459 e. The van der Waals surface area contributed by atoms with Crippen LogP contribution in [0.4, 0.5) is 0 Å². The van der Waals surface area contributed by atoms with Gasteiger partial charge >= 0.3 is 0 Å². The number of likely N-dealkylation sites (tertiary alicyclic amines) is 1. The monoisotopic (exact) mass is 335 g/mol. The minimum atomic E-state index is -0.629. The highest BCUT2D eigenvalue weighted by Crippen LogP contribution is 2.09. The summed E-state index contributed by atoms with van der Waals surface area (Å²) < 4.78 is 5.04. The fourth-order valence-corrected chi connectivity index (χ4v) is 2.69. The Balaban J connectivity index is 1.76. The molecule has 1 aromatic rings. The zero-order chi connectivity index (χ0) is 17.5. The molecule has 0 aromatic carbocycles. The van der Waals surface area contributed by atoms with Crippen LogP contribution in [0.25, 0.3) is 0 Å². The van der Waals surface area contributed by atoms with Gasteiger partial charge in [0, 0.05) is 26.1 Å². The van der Waals surface area contributed by atoms with Gasteiger partial charge in [0.05, 0.1) is 6.26 Å². The van der Waals surface area contributed by atoms with Crippen LogP contribution in [-0.2, 0) is 9.59 Å². The normalized spacial score (nSPS) is 15.6. The molecule has 0 spiro atoms. The molecule has 24 heavy (non-hydrogen) atoms. The van der Waals surface area contributed by atoms with Crippen LogP contribution in [-0.4, -0.2) is 48.3 Å². The van der Waals surface area contributed by atoms with Gasteiger partial charge in [0.1, 0.15) is 6.04 Å². The van der Waals surface area contributed by atoms with Crippen molar-refractivity contribution in [2.75, 3.05) is 19.6 Å². The Morgan fingerprint density at radius 3 is 2.75 bits per heavy atom. The first-order valence-electron chi connectivity index (χ1n) is 8.39. The minimum Gasteiger partial charge on any atom is -0.459 e. The molecule has 0 bridgehead atoms. The second-order valence-electron chi connectivity index (χ2n) is 6.30. The van der Waals surface area contributed by atoms with Crippen molar-refractivity contribution in [1.29, 1.82) is 0 Å². The first kappa shape index (κ1) is 18.0. The highest BCUT2D eigenvalue weighted by Gasteiger charge is 2.25. The Hall–Kier alpha value is -2.31. The zero-order valence-electron chi connectivity index (χ0n) is 14.2. The summed E-state index contributed by atoms with van der Waals surface area (Å²) in [6, 6.07) is 2.55. The quantitative estimate of drug-likeness (QED) is 0.698. The van der Waals surface area contributed by atoms with E-state index in [9.17, 15) is 14.4 Å². The van der Waals surface area contributed by atoms with E-state index in [1.807, 2.05) is 18.7 Å². The van der Waals surface area contributed by atoms with Gasteiger partial charge < -0.3 is 20.0 Å². The average Bonchev–Trinajstić information content (AvgIpc) is 3.20. The van der Waals surface area contributed by atoms with E-state index >= 15 is 0 Å². The summed E-state index contributed by atoms with van der Waals surface area (Å²) in [5.41, 5.74) is 0. The predicted molar refractivity (Wildman–Crippen MR) is 88.2 cm³/mol. The van der Waals surface area contributed by atoms with Crippen molar-refractivity contribution in [2.24, 2.45) is 5.92 Å². The lowest BCUT2D eigenvalue weighted by molar-refractivity contribution is -0.127. The highest BCUT2D eigenvalue weighted by molar-refractivity contribution is 5.95. The van der Waals surface area contributed by atoms with Crippen LogP contribution in [0.5, 0.6) is 0 Å². The lowest BCUT2D eigenvalue weighted by Crippen LogP contribution is -2.50. The molecule has 1 aliphatic heterocycles. The molecule has 3 amide bonds. The number of furan rings is 1. The Morgan fingerprint density at radius 2 is 2.17 bits per heavy atom. The van der Waals surface area contributed by atoms with Crippen molar-refractivity contribution in [2.45, 2.75) is 39.2 Å². The molecule has 7 heteroatoms. The van der Waals surface area contributed by atoms with Gasteiger partial charge in [0.25, 0.3) is 5.91 Å². The predicted octanol–water partition coefficient (Wildman–Crippen LogP) is 1.16. The van der Waals surface area contributed by atoms with Gasteiger partial charge in [-0.25, -0.2) is 0 Å². The van der Waals surface area contributed by atoms with Crippen molar-refractivity contribution < 1.29 is 18.8 Å². The zero-order valence-corrected chi connectivity index (χ0v) is 14.2. The number of hydrogen-bond acceptors (Lipinski definition) is 4. The van der Waals surface area contributed by atoms with E-state index in [4.69, 9.17) is 4.42 Å². The van der Waals surface area contributed by atoms with Gasteiger partial charge in [0.15, 0.2) is 5.76 Å². The summed E-state index contributed by atoms with van der Waals surface area (Å²) in [5.74, 6) is -0.314. The molecule has 1 fully saturated rings. The fourth-order valence-electron chi connectivity index (χ4n) is 2.69. The third kappa shape index (κ3) is 4.84. The maximum absolute atomic E-state index is 12.3. The lowest BCUT2D eigenvalue weighted by Gasteiger charge is -2.21. The van der Waals surface area contributed by atoms with Gasteiger partial charge in [-0.2, -0.15) is 0 Å². The van der Waals surface area contributed by atoms with Crippen LogP contribution in [0.2, 0.25) is 0 Å². The molecule has 1 aromatic heterocycles. The standard InChI is InChI=1S/C17H25N3O4/c1-12(2)15(19-16(22)13-6-4-11-24-13)17(23)18-8-5-10-20-9-3-7-14(20)21/h4,6,11-12,15H,3,5,7-10H2,1-2H3,(H,18,23)(H,19,22). The Labute approximate surface area is 141 Å². The van der Waals surface area contributed by atoms with Gasteiger partial charge in [-0.15, -0.1) is 0 Å². The van der Waals surface area contributed by atoms with Gasteiger partial charge in [0.2, 0.25) is 11.8 Å². The van der Waals surface area contributed by atoms with Crippen molar-refractivity contribution in [3.05, 3.63) is 24.2 Å². The summed E-state index contributed by atoms with van der Waals surface area (Å²) >= 11 is 0. The first-order chi connectivity index (χ1) is 11.5. The Morgan fingerprint density at radius 1 is 1.38 bits per heavy atom. The summed E-state index contributed by atoms with van der Waals surface area (Å²) in [6.45, 7) is 5.68. The van der Waals surface area contributed by atoms with Crippen molar-refractivity contribution in [3.8, 4) is 0 Å². The third-order valence-corrected chi connectivity index (χ3v) is 4.06. The molecule has 1 aliphatic rings. The van der Waals surface area contributed by atoms with Crippen LogP contribution < -0.4 is 10.6 Å². The third-order valence-electron chi connectivity index (χ3n) is 4.06. The van der Waals surface area contributed by atoms with Gasteiger partial charge in [-0.05, 0) is 30.9 Å². The molecule has 0 aliphatic carbocycles. The Bertz CT molecular complexity index is 568. The van der Waals surface area contributed by atoms with E-state index in [0.717, 1.165) is 13.0 Å². The molecule has 2 N–H and O–H groups in total. The van der Waals surface area contributed by atoms with E-state index in [0.29, 0.717) is 25.9 Å². The van der Waals surface area contributed by atoms with Crippen molar-refractivity contribution >= 4 is 17.7 Å². The molecule has 1 saturated heterocycles. The molecular formula is C17H25N3O4. The summed E-state index contributed by atoms with van der Waals surface area (Å²) in [6.07, 6.45) is 3.66. The molecule has 0 saturated carbocycles. The second-order valence-corrected chi connectivity index (χ2v) is 6.30. The SMILES string of the molecule is CC(C)C(NC(=O)c1ccco1)C(=O)NCCCN1CCCC1=O. The highest BCUT2D eigenvalue weighted by atomic mass is 16.3. The smallest absolute Gasteiger partial charge is 0.287 e. The maximum Gasteiger partial charge on any atom is 0.287 e. The van der Waals surface area contributed by atoms with E-state index in [1.54, 1.807) is 12.1 Å². The fraction of sp³-hybridized carbons (Fsp3) is 0.588. The molecule has 7 nitrogen and oxygen atoms in total. The maximum atomic E-state index is 12.3. The van der Waals surface area contributed by atoms with Crippen LogP contribution in [0.1, 0.15) is 43.7 Å². The summed E-state index contributed by atoms with van der Waals surface area (Å²) in [5, 5.41) is 5.53. The van der Waals surface area contributed by atoms with Crippen LogP contribution >= 0.6 is 0 Å². The average molecular weight is 335 g/mol. The topological polar surface area (TPSA) is 91.7 Å².